The van der Waals surface area contributed by atoms with E-state index in [2.05, 4.69) is 89.1 Å². The SMILES string of the molecule is COc1cc(-c2cccc(-c3cccc(COc4cc(OCc5cncc(C#N)c5)c(CNCO)cc4Cl)c3C)c2C)ccc1C1=NCCN1. The predicted octanol–water partition coefficient (Wildman–Crippen LogP) is 7.11. The number of nitrogens with zero attached hydrogens (tertiary/aromatic N) is 3. The normalized spacial score (nSPS) is 12.2. The fourth-order valence-corrected chi connectivity index (χ4v) is 6.34. The lowest BCUT2D eigenvalue weighted by Crippen LogP contribution is -2.20. The molecule has 0 saturated heterocycles. The van der Waals surface area contributed by atoms with Gasteiger partial charge in [0.1, 0.15) is 42.4 Å². The van der Waals surface area contributed by atoms with Crippen molar-refractivity contribution in [1.82, 2.24) is 15.6 Å². The molecule has 6 rings (SSSR count). The molecule has 1 aliphatic heterocycles. The number of hydrogen-bond donors (Lipinski definition) is 3. The van der Waals surface area contributed by atoms with Crippen LogP contribution in [0, 0.1) is 25.2 Å². The molecule has 5 aromatic rings. The van der Waals surface area contributed by atoms with Crippen molar-refractivity contribution in [3.05, 3.63) is 129 Å². The number of aliphatic hydroxyl groups excluding tert-OH is 1. The maximum absolute atomic E-state index is 9.35. The molecule has 0 saturated carbocycles. The number of aliphatic imine (C=N–C) groups is 1. The third-order valence-corrected chi connectivity index (χ3v) is 9.05. The minimum absolute atomic E-state index is 0.193. The summed E-state index contributed by atoms with van der Waals surface area (Å²) in [5.41, 5.74) is 10.7. The summed E-state index contributed by atoms with van der Waals surface area (Å²) in [5.74, 6) is 2.67. The van der Waals surface area contributed by atoms with Gasteiger partial charge in [0, 0.05) is 42.7 Å². The number of pyridine rings is 1. The number of benzene rings is 4. The molecule has 10 heteroatoms. The van der Waals surface area contributed by atoms with Gasteiger partial charge in [-0.1, -0.05) is 54.1 Å². The van der Waals surface area contributed by atoms with Gasteiger partial charge in [0.25, 0.3) is 0 Å². The summed E-state index contributed by atoms with van der Waals surface area (Å²) in [6, 6.07) is 26.2. The van der Waals surface area contributed by atoms with Crippen LogP contribution < -0.4 is 24.8 Å². The van der Waals surface area contributed by atoms with Gasteiger partial charge in [-0.05, 0) is 77.1 Å². The van der Waals surface area contributed by atoms with Gasteiger partial charge in [0.05, 0.1) is 36.5 Å². The van der Waals surface area contributed by atoms with Gasteiger partial charge >= 0.3 is 0 Å². The standard InChI is InChI=1S/C40H38ClN5O4/c1-25-30(23-50-39-17-37(31(15-36(39)41)21-44-24-47)49-22-28-14-27(18-42)19-43-20-28)6-4-8-33(25)34-9-5-7-32(26(34)2)29-10-11-35(38(16-29)48-3)40-45-12-13-46-40/h4-11,14-17,19-20,44,47H,12-13,21-24H2,1-3H3,(H,45,46). The van der Waals surface area contributed by atoms with Crippen molar-refractivity contribution in [2.45, 2.75) is 33.6 Å². The second-order valence-corrected chi connectivity index (χ2v) is 12.3. The van der Waals surface area contributed by atoms with Gasteiger partial charge in [0.2, 0.25) is 0 Å². The zero-order chi connectivity index (χ0) is 35.0. The van der Waals surface area contributed by atoms with E-state index in [4.69, 9.17) is 25.8 Å². The predicted molar refractivity (Wildman–Crippen MR) is 196 cm³/mol. The number of nitrogens with one attached hydrogen (secondary N) is 2. The van der Waals surface area contributed by atoms with E-state index in [0.29, 0.717) is 28.6 Å². The fraction of sp³-hybridized carbons (Fsp3) is 0.225. The molecule has 0 unspecified atom stereocenters. The molecule has 0 atom stereocenters. The lowest BCUT2D eigenvalue weighted by molar-refractivity contribution is 0.255. The highest BCUT2D eigenvalue weighted by molar-refractivity contribution is 6.32. The highest BCUT2D eigenvalue weighted by atomic mass is 35.5. The van der Waals surface area contributed by atoms with Gasteiger partial charge < -0.3 is 24.6 Å². The first-order valence-corrected chi connectivity index (χ1v) is 16.7. The van der Waals surface area contributed by atoms with Crippen LogP contribution in [0.1, 0.15) is 38.9 Å². The lowest BCUT2D eigenvalue weighted by Gasteiger charge is -2.18. The van der Waals surface area contributed by atoms with E-state index >= 15 is 0 Å². The summed E-state index contributed by atoms with van der Waals surface area (Å²) >= 11 is 6.70. The number of methoxy groups -OCH3 is 1. The Kier molecular flexibility index (Phi) is 10.9. The molecule has 1 aliphatic rings. The Morgan fingerprint density at radius 2 is 1.64 bits per heavy atom. The van der Waals surface area contributed by atoms with Crippen LogP contribution in [0.3, 0.4) is 0 Å². The molecular weight excluding hydrogens is 650 g/mol. The largest absolute Gasteiger partial charge is 0.496 e. The summed E-state index contributed by atoms with van der Waals surface area (Å²) < 4.78 is 18.2. The first kappa shape index (κ1) is 34.5. The molecule has 0 bridgehead atoms. The highest BCUT2D eigenvalue weighted by Crippen LogP contribution is 2.38. The quantitative estimate of drug-likeness (QED) is 0.112. The van der Waals surface area contributed by atoms with Crippen molar-refractivity contribution in [2.24, 2.45) is 4.99 Å². The Balaban J connectivity index is 1.24. The van der Waals surface area contributed by atoms with E-state index in [1.54, 1.807) is 31.5 Å². The summed E-state index contributed by atoms with van der Waals surface area (Å²) in [4.78, 5) is 8.68. The zero-order valence-electron chi connectivity index (χ0n) is 28.2. The Morgan fingerprint density at radius 1 is 0.860 bits per heavy atom. The van der Waals surface area contributed by atoms with E-state index in [0.717, 1.165) is 80.3 Å². The molecule has 0 aliphatic carbocycles. The highest BCUT2D eigenvalue weighted by Gasteiger charge is 2.18. The third kappa shape index (κ3) is 7.58. The molecule has 0 radical (unpaired) electrons. The average Bonchev–Trinajstić information content (AvgIpc) is 3.69. The molecule has 50 heavy (non-hydrogen) atoms. The number of hydrogen-bond acceptors (Lipinski definition) is 9. The van der Waals surface area contributed by atoms with E-state index in [1.165, 1.54) is 6.20 Å². The number of aliphatic hydroxyl groups is 1. The third-order valence-electron chi connectivity index (χ3n) is 8.76. The number of halogens is 1. The second-order valence-electron chi connectivity index (χ2n) is 11.9. The Labute approximate surface area is 297 Å². The zero-order valence-corrected chi connectivity index (χ0v) is 29.0. The molecule has 0 amide bonds. The number of nitriles is 1. The molecule has 4 aromatic carbocycles. The van der Waals surface area contributed by atoms with Crippen molar-refractivity contribution in [1.29, 1.82) is 5.26 Å². The van der Waals surface area contributed by atoms with Crippen LogP contribution >= 0.6 is 11.6 Å². The molecular formula is C40H38ClN5O4. The minimum atomic E-state index is -0.199. The number of ether oxygens (including phenoxy) is 3. The Bertz CT molecular complexity index is 2090. The molecule has 3 N–H and O–H groups in total. The van der Waals surface area contributed by atoms with E-state index in [-0.39, 0.29) is 19.9 Å². The van der Waals surface area contributed by atoms with Crippen molar-refractivity contribution in [3.8, 4) is 45.6 Å². The second kappa shape index (κ2) is 15.9. The first-order chi connectivity index (χ1) is 24.4. The Morgan fingerprint density at radius 3 is 2.40 bits per heavy atom. The van der Waals surface area contributed by atoms with E-state index < -0.39 is 0 Å². The van der Waals surface area contributed by atoms with Crippen LogP contribution in [0.5, 0.6) is 17.2 Å². The van der Waals surface area contributed by atoms with Crippen LogP contribution in [0.15, 0.2) is 90.2 Å². The minimum Gasteiger partial charge on any atom is -0.496 e. The van der Waals surface area contributed by atoms with Gasteiger partial charge in [-0.3, -0.25) is 15.3 Å². The maximum Gasteiger partial charge on any atom is 0.142 e. The topological polar surface area (TPSA) is 121 Å². The number of rotatable bonds is 13. The molecule has 0 spiro atoms. The first-order valence-electron chi connectivity index (χ1n) is 16.3. The molecule has 1 aromatic heterocycles. The number of amidine groups is 1. The van der Waals surface area contributed by atoms with Crippen molar-refractivity contribution in [3.63, 3.8) is 0 Å². The smallest absolute Gasteiger partial charge is 0.142 e. The van der Waals surface area contributed by atoms with Crippen LogP contribution in [-0.4, -0.2) is 42.9 Å². The summed E-state index contributed by atoms with van der Waals surface area (Å²) in [6.07, 6.45) is 3.16. The fourth-order valence-electron chi connectivity index (χ4n) is 6.10. The van der Waals surface area contributed by atoms with Crippen LogP contribution in [-0.2, 0) is 19.8 Å². The Hall–Kier alpha value is -5.40. The summed E-state index contributed by atoms with van der Waals surface area (Å²) in [5, 5.41) is 25.2. The van der Waals surface area contributed by atoms with Crippen molar-refractivity contribution >= 4 is 17.4 Å². The van der Waals surface area contributed by atoms with Crippen molar-refractivity contribution in [2.75, 3.05) is 26.9 Å². The average molecular weight is 688 g/mol. The number of aromatic nitrogens is 1. The van der Waals surface area contributed by atoms with Crippen LogP contribution in [0.4, 0.5) is 0 Å². The van der Waals surface area contributed by atoms with Crippen LogP contribution in [0.25, 0.3) is 22.3 Å². The van der Waals surface area contributed by atoms with Gasteiger partial charge in [-0.25, -0.2) is 0 Å². The lowest BCUT2D eigenvalue weighted by atomic mass is 9.89. The maximum atomic E-state index is 9.35. The van der Waals surface area contributed by atoms with E-state index in [1.807, 2.05) is 6.07 Å². The van der Waals surface area contributed by atoms with Gasteiger partial charge in [0.15, 0.2) is 0 Å². The van der Waals surface area contributed by atoms with E-state index in [9.17, 15) is 10.4 Å². The molecule has 0 fully saturated rings. The molecule has 9 nitrogen and oxygen atoms in total. The monoisotopic (exact) mass is 687 g/mol. The molecule has 254 valence electrons. The summed E-state index contributed by atoms with van der Waals surface area (Å²) in [6.45, 7) is 6.48. The van der Waals surface area contributed by atoms with Crippen molar-refractivity contribution < 1.29 is 19.3 Å². The molecule has 2 heterocycles. The van der Waals surface area contributed by atoms with Gasteiger partial charge in [-0.2, -0.15) is 5.26 Å². The summed E-state index contributed by atoms with van der Waals surface area (Å²) in [7, 11) is 1.69. The van der Waals surface area contributed by atoms with Gasteiger partial charge in [-0.15, -0.1) is 0 Å². The van der Waals surface area contributed by atoms with Crippen LogP contribution in [0.2, 0.25) is 5.02 Å².